The molecule has 1 heterocycles. The Kier molecular flexibility index (Phi) is 9.47. The Morgan fingerprint density at radius 1 is 1.42 bits per heavy atom. The van der Waals surface area contributed by atoms with Crippen LogP contribution in [0.1, 0.15) is 6.92 Å². The second-order valence-electron chi connectivity index (χ2n) is 5.04. The van der Waals surface area contributed by atoms with Gasteiger partial charge in [0.2, 0.25) is 16.6 Å². The molecule has 1 amide bonds. The number of nitrogens with zero attached hydrogens (tertiary/aromatic N) is 2. The first-order chi connectivity index (χ1) is 12.1. The third kappa shape index (κ3) is 6.82. The fraction of sp³-hybridized carbons (Fsp3) is 0.583. The van der Waals surface area contributed by atoms with Crippen molar-refractivity contribution in [2.24, 2.45) is 16.5 Å². The zero-order valence-electron chi connectivity index (χ0n) is 13.7. The van der Waals surface area contributed by atoms with E-state index in [4.69, 9.17) is 37.5 Å². The van der Waals surface area contributed by atoms with Gasteiger partial charge in [-0.1, -0.05) is 0 Å². The molecule has 1 rings (SSSR count). The molecule has 0 saturated carbocycles. The van der Waals surface area contributed by atoms with Gasteiger partial charge < -0.3 is 41.9 Å². The Bertz CT molecular complexity index is 599. The van der Waals surface area contributed by atoms with Crippen LogP contribution >= 0.6 is 0 Å². The zero-order valence-corrected chi connectivity index (χ0v) is 13.7. The topological polar surface area (TPSA) is 263 Å². The van der Waals surface area contributed by atoms with E-state index in [1.807, 2.05) is 4.91 Å². The first-order valence-corrected chi connectivity index (χ1v) is 7.06. The van der Waals surface area contributed by atoms with Crippen LogP contribution in [-0.2, 0) is 14.3 Å². The molecule has 14 nitrogen and oxygen atoms in total. The van der Waals surface area contributed by atoms with Crippen molar-refractivity contribution < 1.29 is 34.8 Å². The molecular formula is C12H22N7O7+. The average molecular weight is 376 g/mol. The maximum Gasteiger partial charge on any atom is 0.370 e. The van der Waals surface area contributed by atoms with Crippen molar-refractivity contribution in [1.82, 2.24) is 10.2 Å². The lowest BCUT2D eigenvalue weighted by Crippen LogP contribution is -2.59. The molecule has 1 aliphatic rings. The van der Waals surface area contributed by atoms with Gasteiger partial charge in [0.25, 0.3) is 0 Å². The van der Waals surface area contributed by atoms with Gasteiger partial charge in [-0.15, -0.1) is 0 Å². The first-order valence-electron chi connectivity index (χ1n) is 7.06. The minimum Gasteiger partial charge on any atom is -0.478 e. The molecule has 146 valence electrons. The maximum atomic E-state index is 11.4. The smallest absolute Gasteiger partial charge is 0.370 e. The number of carboxylic acids is 1. The Balaban J connectivity index is 0.00000194. The lowest BCUT2D eigenvalue weighted by atomic mass is 9.92. The fourth-order valence-electron chi connectivity index (χ4n) is 2.14. The van der Waals surface area contributed by atoms with E-state index in [2.05, 4.69) is 10.3 Å². The van der Waals surface area contributed by atoms with Crippen LogP contribution < -0.4 is 21.7 Å². The van der Waals surface area contributed by atoms with Crippen molar-refractivity contribution in [3.8, 4) is 0 Å². The predicted octanol–water partition coefficient (Wildman–Crippen LogP) is -3.67. The third-order valence-corrected chi connectivity index (χ3v) is 3.10. The van der Waals surface area contributed by atoms with Crippen LogP contribution in [0.4, 0.5) is 0 Å². The molecule has 26 heavy (non-hydrogen) atoms. The second-order valence-corrected chi connectivity index (χ2v) is 5.04. The largest absolute Gasteiger partial charge is 0.478 e. The molecule has 5 atom stereocenters. The van der Waals surface area contributed by atoms with Crippen molar-refractivity contribution in [3.63, 3.8) is 0 Å². The number of amides is 1. The van der Waals surface area contributed by atoms with Crippen LogP contribution in [0.2, 0.25) is 0 Å². The number of rotatable bonds is 6. The van der Waals surface area contributed by atoms with Gasteiger partial charge in [0, 0.05) is 6.92 Å². The lowest BCUT2D eigenvalue weighted by molar-refractivity contribution is -0.145. The molecule has 11 N–H and O–H groups in total. The maximum absolute atomic E-state index is 11.4. The van der Waals surface area contributed by atoms with Gasteiger partial charge in [0.15, 0.2) is 5.96 Å². The number of aliphatic imine (C=N–C) groups is 1. The summed E-state index contributed by atoms with van der Waals surface area (Å²) >= 11 is 0. The number of ether oxygens (including phenoxy) is 1. The zero-order chi connectivity index (χ0) is 20.4. The van der Waals surface area contributed by atoms with Gasteiger partial charge in [0.05, 0.1) is 18.7 Å². The van der Waals surface area contributed by atoms with E-state index in [-0.39, 0.29) is 5.96 Å². The van der Waals surface area contributed by atoms with Crippen molar-refractivity contribution in [1.29, 1.82) is 11.1 Å². The molecule has 0 aromatic heterocycles. The highest BCUT2D eigenvalue weighted by Crippen LogP contribution is 2.24. The monoisotopic (exact) mass is 376 g/mol. The van der Waals surface area contributed by atoms with Gasteiger partial charge in [-0.05, 0) is 6.08 Å². The van der Waals surface area contributed by atoms with Crippen molar-refractivity contribution in [3.05, 3.63) is 11.8 Å². The van der Waals surface area contributed by atoms with E-state index in [0.717, 1.165) is 6.08 Å². The Labute approximate surface area is 147 Å². The number of carbonyl (C=O) groups is 2. The standard InChI is InChI=1S/C12H20N4O7.H2N3/c1-4(18)15-8-5(16-12(13)14)2-7(11(21)22)23-10(8)9(20)6(19)3-17;1-3-2/h2,5-6,8-10,17,19-20H,3H2,1H3,(H,15,18)(H,21,22)(H4,13,14,16);1-2H/q;+1/t5-,6?,8+,9?,10+;/m0./s1. The summed E-state index contributed by atoms with van der Waals surface area (Å²) in [5, 5.41) is 40.1. The Morgan fingerprint density at radius 2 is 1.96 bits per heavy atom. The second kappa shape index (κ2) is 10.7. The molecule has 0 radical (unpaired) electrons. The molecule has 0 aliphatic carbocycles. The molecule has 0 saturated heterocycles. The number of hydrogen-bond donors (Lipinski definition) is 9. The summed E-state index contributed by atoms with van der Waals surface area (Å²) in [6.45, 7) is 0.391. The molecule has 0 aromatic rings. The van der Waals surface area contributed by atoms with E-state index in [9.17, 15) is 19.8 Å². The summed E-state index contributed by atoms with van der Waals surface area (Å²) in [7, 11) is 0. The van der Waals surface area contributed by atoms with E-state index in [1.54, 1.807) is 0 Å². The van der Waals surface area contributed by atoms with Crippen molar-refractivity contribution in [2.75, 3.05) is 6.61 Å². The molecule has 0 spiro atoms. The van der Waals surface area contributed by atoms with Crippen LogP contribution in [-0.4, -0.2) is 75.3 Å². The predicted molar refractivity (Wildman–Crippen MR) is 84.5 cm³/mol. The van der Waals surface area contributed by atoms with E-state index >= 15 is 0 Å². The first kappa shape index (κ1) is 22.9. The normalized spacial score (nSPS) is 23.5. The van der Waals surface area contributed by atoms with Crippen LogP contribution in [0.15, 0.2) is 16.8 Å². The van der Waals surface area contributed by atoms with Gasteiger partial charge in [0.1, 0.15) is 29.4 Å². The lowest BCUT2D eigenvalue weighted by Gasteiger charge is -2.38. The molecule has 0 fully saturated rings. The highest BCUT2D eigenvalue weighted by Gasteiger charge is 2.43. The Hall–Kier alpha value is -3.06. The summed E-state index contributed by atoms with van der Waals surface area (Å²) in [6, 6.07) is -2.11. The number of aliphatic hydroxyl groups excluding tert-OH is 3. The highest BCUT2D eigenvalue weighted by atomic mass is 16.5. The van der Waals surface area contributed by atoms with Crippen LogP contribution in [0.5, 0.6) is 0 Å². The van der Waals surface area contributed by atoms with Crippen molar-refractivity contribution >= 4 is 17.8 Å². The molecule has 0 aromatic carbocycles. The summed E-state index contributed by atoms with van der Waals surface area (Å²) in [6.07, 6.45) is -3.65. The number of carboxylic acid groups (broad SMARTS) is 1. The number of carbonyl (C=O) groups excluding carboxylic acids is 1. The number of nitrogens with two attached hydrogens (primary N) is 2. The summed E-state index contributed by atoms with van der Waals surface area (Å²) in [5.74, 6) is -2.89. The molecule has 14 heteroatoms. The summed E-state index contributed by atoms with van der Waals surface area (Å²) in [5.41, 5.74) is 21.6. The minimum absolute atomic E-state index is 0.371. The number of nitrogens with one attached hydrogen (secondary N) is 3. The number of hydrogen-bond acceptors (Lipinski definition) is 9. The summed E-state index contributed by atoms with van der Waals surface area (Å²) in [4.78, 5) is 28.3. The molecule has 1 aliphatic heterocycles. The third-order valence-electron chi connectivity index (χ3n) is 3.10. The van der Waals surface area contributed by atoms with Gasteiger partial charge in [-0.3, -0.25) is 4.79 Å². The molecule has 0 bridgehead atoms. The number of guanidine groups is 1. The number of aliphatic hydroxyl groups is 3. The SMILES string of the molecule is CC(=O)N[C@@H]1[C@@H](N=C(N)N)C=C(C(=O)O)O[C@H]1C(O)C(O)CO.N=[N+]=N. The van der Waals surface area contributed by atoms with Crippen LogP contribution in [0, 0.1) is 11.1 Å². The van der Waals surface area contributed by atoms with E-state index < -0.39 is 54.6 Å². The minimum atomic E-state index is -1.70. The van der Waals surface area contributed by atoms with Gasteiger partial charge in [-0.2, -0.15) is 0 Å². The van der Waals surface area contributed by atoms with Gasteiger partial charge in [-0.25, -0.2) is 9.79 Å². The summed E-state index contributed by atoms with van der Waals surface area (Å²) < 4.78 is 5.13. The van der Waals surface area contributed by atoms with Crippen LogP contribution in [0.3, 0.4) is 0 Å². The van der Waals surface area contributed by atoms with Crippen LogP contribution in [0.25, 0.3) is 0 Å². The highest BCUT2D eigenvalue weighted by molar-refractivity contribution is 5.85. The van der Waals surface area contributed by atoms with E-state index in [0.29, 0.717) is 0 Å². The van der Waals surface area contributed by atoms with Gasteiger partial charge >= 0.3 is 5.97 Å². The average Bonchev–Trinajstić information content (AvgIpc) is 2.54. The van der Waals surface area contributed by atoms with E-state index in [1.165, 1.54) is 6.92 Å². The quantitative estimate of drug-likeness (QED) is 0.0954. The Morgan fingerprint density at radius 3 is 2.35 bits per heavy atom. The molecular weight excluding hydrogens is 354 g/mol. The van der Waals surface area contributed by atoms with Crippen molar-refractivity contribution in [2.45, 2.75) is 37.3 Å². The molecule has 2 unspecified atom stereocenters. The fourth-order valence-corrected chi connectivity index (χ4v) is 2.14. The number of aliphatic carboxylic acids is 1.